The molecule has 3 saturated heterocycles. The molecule has 0 bridgehead atoms. The molecule has 4 rings (SSSR count). The zero-order chi connectivity index (χ0) is 19.6. The van der Waals surface area contributed by atoms with Gasteiger partial charge in [0.2, 0.25) is 5.91 Å². The number of nitrogens with zero attached hydrogens (tertiary/aromatic N) is 2. The normalized spacial score (nSPS) is 26.5. The predicted molar refractivity (Wildman–Crippen MR) is 112 cm³/mol. The summed E-state index contributed by atoms with van der Waals surface area (Å²) >= 11 is 0. The largest absolute Gasteiger partial charge is 0.381 e. The lowest BCUT2D eigenvalue weighted by atomic mass is 9.75. The summed E-state index contributed by atoms with van der Waals surface area (Å²) in [4.78, 5) is 18.5. The van der Waals surface area contributed by atoms with Gasteiger partial charge >= 0.3 is 0 Å². The van der Waals surface area contributed by atoms with Crippen LogP contribution in [0.3, 0.4) is 0 Å². The minimum Gasteiger partial charge on any atom is -0.381 e. The Bertz CT molecular complexity index is 646. The van der Waals surface area contributed by atoms with Gasteiger partial charge in [-0.25, -0.2) is 0 Å². The predicted octanol–water partition coefficient (Wildman–Crippen LogP) is 3.75. The molecule has 4 nitrogen and oxygen atoms in total. The zero-order valence-electron chi connectivity index (χ0n) is 17.6. The lowest BCUT2D eigenvalue weighted by Gasteiger charge is -2.42. The van der Waals surface area contributed by atoms with E-state index in [1.54, 1.807) is 0 Å². The van der Waals surface area contributed by atoms with E-state index in [-0.39, 0.29) is 5.41 Å². The second kappa shape index (κ2) is 8.54. The average Bonchev–Trinajstić information content (AvgIpc) is 2.95. The first-order chi connectivity index (χ1) is 13.6. The molecule has 1 spiro atoms. The molecule has 4 heteroatoms. The number of likely N-dealkylation sites (tertiary alicyclic amines) is 2. The number of hydrogen-bond acceptors (Lipinski definition) is 3. The Balaban J connectivity index is 1.46. The maximum atomic E-state index is 13.6. The van der Waals surface area contributed by atoms with Crippen molar-refractivity contribution in [3.05, 3.63) is 35.9 Å². The monoisotopic (exact) mass is 384 g/mol. The molecule has 0 radical (unpaired) electrons. The summed E-state index contributed by atoms with van der Waals surface area (Å²) in [6.07, 6.45) is 6.39. The Labute approximate surface area is 170 Å². The Morgan fingerprint density at radius 2 is 1.79 bits per heavy atom. The van der Waals surface area contributed by atoms with Crippen molar-refractivity contribution in [1.29, 1.82) is 0 Å². The molecule has 0 N–H and O–H groups in total. The Hall–Kier alpha value is -1.39. The van der Waals surface area contributed by atoms with Crippen LogP contribution < -0.4 is 0 Å². The van der Waals surface area contributed by atoms with E-state index in [4.69, 9.17) is 4.74 Å². The van der Waals surface area contributed by atoms with Crippen LogP contribution >= 0.6 is 0 Å². The van der Waals surface area contributed by atoms with Gasteiger partial charge in [0.25, 0.3) is 0 Å². The van der Waals surface area contributed by atoms with E-state index >= 15 is 0 Å². The Kier molecular flexibility index (Phi) is 6.07. The molecule has 3 aliphatic heterocycles. The maximum Gasteiger partial charge on any atom is 0.229 e. The van der Waals surface area contributed by atoms with Gasteiger partial charge in [0, 0.05) is 31.8 Å². The molecule has 154 valence electrons. The summed E-state index contributed by atoms with van der Waals surface area (Å²) in [7, 11) is 0. The lowest BCUT2D eigenvalue weighted by molar-refractivity contribution is -0.140. The SMILES string of the molecule is CC(C)CN1C(=O)C2(CCN(C3CCOCC3)CC2)CC1Cc1ccccc1. The van der Waals surface area contributed by atoms with E-state index in [2.05, 4.69) is 54.0 Å². The van der Waals surface area contributed by atoms with Crippen molar-refractivity contribution in [2.45, 2.75) is 64.5 Å². The zero-order valence-corrected chi connectivity index (χ0v) is 17.6. The molecular weight excluding hydrogens is 348 g/mol. The molecular formula is C24H36N2O2. The van der Waals surface area contributed by atoms with Gasteiger partial charge in [-0.3, -0.25) is 4.79 Å². The smallest absolute Gasteiger partial charge is 0.229 e. The standard InChI is InChI=1S/C24H36N2O2/c1-19(2)18-26-22(16-20-6-4-3-5-7-20)17-24(23(26)27)10-12-25(13-11-24)21-8-14-28-15-9-21/h3-7,19,21-22H,8-18H2,1-2H3. The lowest BCUT2D eigenvalue weighted by Crippen LogP contribution is -2.49. The van der Waals surface area contributed by atoms with Crippen LogP contribution in [0.1, 0.15) is 51.5 Å². The van der Waals surface area contributed by atoms with Crippen LogP contribution in [-0.2, 0) is 16.0 Å². The molecule has 1 amide bonds. The van der Waals surface area contributed by atoms with Crippen molar-refractivity contribution in [3.8, 4) is 0 Å². The van der Waals surface area contributed by atoms with Crippen molar-refractivity contribution in [3.63, 3.8) is 0 Å². The van der Waals surface area contributed by atoms with Gasteiger partial charge in [0.1, 0.15) is 0 Å². The molecule has 3 aliphatic rings. The van der Waals surface area contributed by atoms with Gasteiger partial charge in [-0.1, -0.05) is 44.2 Å². The number of carbonyl (C=O) groups is 1. The Morgan fingerprint density at radius 1 is 1.11 bits per heavy atom. The molecule has 0 aromatic heterocycles. The van der Waals surface area contributed by atoms with E-state index in [1.807, 2.05) is 0 Å². The number of carbonyl (C=O) groups excluding carboxylic acids is 1. The second-order valence-corrected chi connectivity index (χ2v) is 9.56. The van der Waals surface area contributed by atoms with E-state index < -0.39 is 0 Å². The van der Waals surface area contributed by atoms with Crippen molar-refractivity contribution in [2.24, 2.45) is 11.3 Å². The highest BCUT2D eigenvalue weighted by molar-refractivity contribution is 5.85. The number of ether oxygens (including phenoxy) is 1. The molecule has 3 heterocycles. The molecule has 3 fully saturated rings. The van der Waals surface area contributed by atoms with Crippen LogP contribution in [0.25, 0.3) is 0 Å². The molecule has 1 atom stereocenters. The highest BCUT2D eigenvalue weighted by Crippen LogP contribution is 2.46. The van der Waals surface area contributed by atoms with Gasteiger partial charge in [-0.2, -0.15) is 0 Å². The van der Waals surface area contributed by atoms with Gasteiger partial charge < -0.3 is 14.5 Å². The molecule has 1 aromatic carbocycles. The number of amides is 1. The number of benzene rings is 1. The van der Waals surface area contributed by atoms with Crippen molar-refractivity contribution in [1.82, 2.24) is 9.80 Å². The second-order valence-electron chi connectivity index (χ2n) is 9.56. The first-order valence-corrected chi connectivity index (χ1v) is 11.2. The summed E-state index contributed by atoms with van der Waals surface area (Å²) in [6.45, 7) is 9.28. The number of hydrogen-bond donors (Lipinski definition) is 0. The first-order valence-electron chi connectivity index (χ1n) is 11.2. The Morgan fingerprint density at radius 3 is 2.43 bits per heavy atom. The van der Waals surface area contributed by atoms with Crippen LogP contribution in [0.2, 0.25) is 0 Å². The summed E-state index contributed by atoms with van der Waals surface area (Å²) in [5, 5.41) is 0. The third kappa shape index (κ3) is 4.13. The molecule has 0 saturated carbocycles. The topological polar surface area (TPSA) is 32.8 Å². The third-order valence-corrected chi connectivity index (χ3v) is 7.12. The maximum absolute atomic E-state index is 13.6. The van der Waals surface area contributed by atoms with Gasteiger partial charge in [-0.15, -0.1) is 0 Å². The van der Waals surface area contributed by atoms with Crippen molar-refractivity contribution < 1.29 is 9.53 Å². The van der Waals surface area contributed by atoms with Crippen LogP contribution in [0.15, 0.2) is 30.3 Å². The van der Waals surface area contributed by atoms with Gasteiger partial charge in [-0.05, 0) is 63.1 Å². The van der Waals surface area contributed by atoms with Crippen LogP contribution in [-0.4, -0.2) is 60.6 Å². The van der Waals surface area contributed by atoms with E-state index in [1.165, 1.54) is 5.56 Å². The van der Waals surface area contributed by atoms with Gasteiger partial charge in [0.05, 0.1) is 5.41 Å². The first kappa shape index (κ1) is 19.9. The highest BCUT2D eigenvalue weighted by atomic mass is 16.5. The fraction of sp³-hybridized carbons (Fsp3) is 0.708. The molecule has 1 aromatic rings. The van der Waals surface area contributed by atoms with Crippen molar-refractivity contribution in [2.75, 3.05) is 32.8 Å². The summed E-state index contributed by atoms with van der Waals surface area (Å²) in [6, 6.07) is 11.7. The van der Waals surface area contributed by atoms with Crippen LogP contribution in [0.4, 0.5) is 0 Å². The summed E-state index contributed by atoms with van der Waals surface area (Å²) in [5.41, 5.74) is 1.24. The van der Waals surface area contributed by atoms with Crippen molar-refractivity contribution >= 4 is 5.91 Å². The van der Waals surface area contributed by atoms with E-state index in [0.29, 0.717) is 23.9 Å². The quantitative estimate of drug-likeness (QED) is 0.775. The number of rotatable bonds is 5. The van der Waals surface area contributed by atoms with E-state index in [0.717, 1.165) is 71.4 Å². The molecule has 0 aliphatic carbocycles. The minimum absolute atomic E-state index is 0.115. The van der Waals surface area contributed by atoms with Gasteiger partial charge in [0.15, 0.2) is 0 Å². The molecule has 1 unspecified atom stereocenters. The third-order valence-electron chi connectivity index (χ3n) is 7.12. The summed E-state index contributed by atoms with van der Waals surface area (Å²) < 4.78 is 5.54. The minimum atomic E-state index is -0.115. The van der Waals surface area contributed by atoms with Crippen LogP contribution in [0, 0.1) is 11.3 Å². The average molecular weight is 385 g/mol. The molecule has 28 heavy (non-hydrogen) atoms. The fourth-order valence-electron chi connectivity index (χ4n) is 5.60. The fourth-order valence-corrected chi connectivity index (χ4v) is 5.60. The van der Waals surface area contributed by atoms with Crippen LogP contribution in [0.5, 0.6) is 0 Å². The highest BCUT2D eigenvalue weighted by Gasteiger charge is 2.52. The summed E-state index contributed by atoms with van der Waals surface area (Å²) in [5.74, 6) is 0.952. The van der Waals surface area contributed by atoms with E-state index in [9.17, 15) is 4.79 Å². The number of piperidine rings is 1.